The zero-order valence-electron chi connectivity index (χ0n) is 19.1. The molecule has 30 heavy (non-hydrogen) atoms. The number of unbranched alkanes of at least 4 members (excludes halogenated alkanes) is 7. The van der Waals surface area contributed by atoms with Gasteiger partial charge in [0.05, 0.1) is 25.3 Å². The highest BCUT2D eigenvalue weighted by molar-refractivity contribution is 5.88. The molecule has 0 radical (unpaired) electrons. The van der Waals surface area contributed by atoms with Gasteiger partial charge in [0.1, 0.15) is 5.75 Å². The molecular formula is C25H39NO4. The highest BCUT2D eigenvalue weighted by Gasteiger charge is 2.16. The molecule has 0 aliphatic rings. The summed E-state index contributed by atoms with van der Waals surface area (Å²) < 4.78 is 17.8. The van der Waals surface area contributed by atoms with Crippen molar-refractivity contribution in [2.45, 2.75) is 85.0 Å². The number of aromatic nitrogens is 1. The Morgan fingerprint density at radius 2 is 1.30 bits per heavy atom. The van der Waals surface area contributed by atoms with Crippen LogP contribution in [-0.4, -0.2) is 24.8 Å². The first kappa shape index (κ1) is 24.1. The molecule has 5 nitrogen and oxygen atoms in total. The second-order valence-electron chi connectivity index (χ2n) is 7.84. The highest BCUT2D eigenvalue weighted by atomic mass is 16.5. The maximum Gasteiger partial charge on any atom is 0.294 e. The molecule has 0 bridgehead atoms. The number of aromatic amines is 1. The molecule has 0 amide bonds. The lowest BCUT2D eigenvalue weighted by molar-refractivity contribution is 0.260. The van der Waals surface area contributed by atoms with E-state index in [0.29, 0.717) is 31.3 Å². The minimum atomic E-state index is -0.246. The standard InChI is InChI=1S/C25H39NO4/c1-4-7-10-12-17-28-20-14-15-21-22(19-20)26-25(27)24(23(21)29-16-9-6-3)30-18-13-11-8-5-2/h14-15,19H,4-13,16-18H2,1-3H3,(H,26,27). The molecule has 2 rings (SSSR count). The lowest BCUT2D eigenvalue weighted by atomic mass is 10.1. The predicted molar refractivity (Wildman–Crippen MR) is 124 cm³/mol. The molecule has 0 unspecified atom stereocenters. The summed E-state index contributed by atoms with van der Waals surface area (Å²) in [5, 5.41) is 0.854. The van der Waals surface area contributed by atoms with Crippen LogP contribution in [0.3, 0.4) is 0 Å². The van der Waals surface area contributed by atoms with Crippen molar-refractivity contribution in [3.05, 3.63) is 28.6 Å². The third-order valence-corrected chi connectivity index (χ3v) is 5.15. The Morgan fingerprint density at radius 3 is 1.97 bits per heavy atom. The van der Waals surface area contributed by atoms with Crippen LogP contribution in [0.5, 0.6) is 17.2 Å². The van der Waals surface area contributed by atoms with E-state index in [4.69, 9.17) is 14.2 Å². The summed E-state index contributed by atoms with van der Waals surface area (Å²) >= 11 is 0. The fourth-order valence-corrected chi connectivity index (χ4v) is 3.33. The van der Waals surface area contributed by atoms with Gasteiger partial charge in [0, 0.05) is 11.5 Å². The lowest BCUT2D eigenvalue weighted by Crippen LogP contribution is -2.15. The van der Waals surface area contributed by atoms with Gasteiger partial charge in [-0.2, -0.15) is 0 Å². The molecule has 0 saturated heterocycles. The number of ether oxygens (including phenoxy) is 3. The Morgan fingerprint density at radius 1 is 0.700 bits per heavy atom. The van der Waals surface area contributed by atoms with Gasteiger partial charge in [0.25, 0.3) is 5.56 Å². The van der Waals surface area contributed by atoms with Gasteiger partial charge in [-0.05, 0) is 31.4 Å². The number of fused-ring (bicyclic) bond motifs is 1. The van der Waals surface area contributed by atoms with Crippen molar-refractivity contribution < 1.29 is 14.2 Å². The van der Waals surface area contributed by atoms with E-state index in [2.05, 4.69) is 25.8 Å². The second-order valence-corrected chi connectivity index (χ2v) is 7.84. The predicted octanol–water partition coefficient (Wildman–Crippen LogP) is 6.63. The van der Waals surface area contributed by atoms with Crippen LogP contribution in [0.1, 0.15) is 85.0 Å². The summed E-state index contributed by atoms with van der Waals surface area (Å²) in [4.78, 5) is 15.7. The Balaban J connectivity index is 2.18. The van der Waals surface area contributed by atoms with Crippen LogP contribution < -0.4 is 19.8 Å². The van der Waals surface area contributed by atoms with E-state index in [1.807, 2.05) is 18.2 Å². The van der Waals surface area contributed by atoms with E-state index < -0.39 is 0 Å². The summed E-state index contributed by atoms with van der Waals surface area (Å²) in [5.41, 5.74) is 0.473. The molecule has 5 heteroatoms. The SMILES string of the molecule is CCCCCCOc1ccc2c(OCCCC)c(OCCCCCC)c(=O)[nH]c2c1. The van der Waals surface area contributed by atoms with Gasteiger partial charge in [0.15, 0.2) is 5.75 Å². The number of benzene rings is 1. The highest BCUT2D eigenvalue weighted by Crippen LogP contribution is 2.33. The molecule has 0 fully saturated rings. The van der Waals surface area contributed by atoms with Crippen LogP contribution in [-0.2, 0) is 0 Å². The minimum absolute atomic E-state index is 0.246. The van der Waals surface area contributed by atoms with E-state index in [1.54, 1.807) is 0 Å². The topological polar surface area (TPSA) is 60.6 Å². The summed E-state index contributed by atoms with van der Waals surface area (Å²) in [6.45, 7) is 8.28. The average molecular weight is 418 g/mol. The van der Waals surface area contributed by atoms with E-state index >= 15 is 0 Å². The normalized spacial score (nSPS) is 11.0. The third-order valence-electron chi connectivity index (χ3n) is 5.15. The molecule has 0 saturated carbocycles. The van der Waals surface area contributed by atoms with Crippen molar-refractivity contribution in [2.24, 2.45) is 0 Å². The Labute approximate surface area is 181 Å². The van der Waals surface area contributed by atoms with Crippen LogP contribution in [0, 0.1) is 0 Å². The number of rotatable bonds is 16. The fraction of sp³-hybridized carbons (Fsp3) is 0.640. The molecule has 168 valence electrons. The van der Waals surface area contributed by atoms with Gasteiger partial charge in [0.2, 0.25) is 5.75 Å². The first-order valence-corrected chi connectivity index (χ1v) is 11.8. The van der Waals surface area contributed by atoms with Gasteiger partial charge in [-0.3, -0.25) is 4.79 Å². The number of H-pyrrole nitrogens is 1. The first-order chi connectivity index (χ1) is 14.7. The molecule has 1 aromatic carbocycles. The minimum Gasteiger partial charge on any atom is -0.494 e. The summed E-state index contributed by atoms with van der Waals surface area (Å²) in [6, 6.07) is 5.78. The first-order valence-electron chi connectivity index (χ1n) is 11.8. The summed E-state index contributed by atoms with van der Waals surface area (Å²) in [7, 11) is 0. The van der Waals surface area contributed by atoms with Crippen LogP contribution in [0.15, 0.2) is 23.0 Å². The van der Waals surface area contributed by atoms with Crippen molar-refractivity contribution in [1.29, 1.82) is 0 Å². The van der Waals surface area contributed by atoms with Crippen molar-refractivity contribution >= 4 is 10.9 Å². The maximum absolute atomic E-state index is 12.7. The number of nitrogens with one attached hydrogen (secondary N) is 1. The van der Waals surface area contributed by atoms with Gasteiger partial charge in [-0.25, -0.2) is 0 Å². The van der Waals surface area contributed by atoms with E-state index in [1.165, 1.54) is 32.1 Å². The zero-order chi connectivity index (χ0) is 21.6. The zero-order valence-corrected chi connectivity index (χ0v) is 19.1. The third kappa shape index (κ3) is 7.58. The van der Waals surface area contributed by atoms with Gasteiger partial charge in [-0.1, -0.05) is 65.7 Å². The Hall–Kier alpha value is -2.17. The summed E-state index contributed by atoms with van der Waals surface area (Å²) in [6.07, 6.45) is 11.0. The molecule has 2 aromatic rings. The smallest absolute Gasteiger partial charge is 0.294 e. The monoisotopic (exact) mass is 417 g/mol. The fourth-order valence-electron chi connectivity index (χ4n) is 3.33. The maximum atomic E-state index is 12.7. The van der Waals surface area contributed by atoms with Crippen molar-refractivity contribution in [2.75, 3.05) is 19.8 Å². The van der Waals surface area contributed by atoms with E-state index in [-0.39, 0.29) is 5.56 Å². The van der Waals surface area contributed by atoms with Crippen LogP contribution >= 0.6 is 0 Å². The molecule has 0 atom stereocenters. The molecule has 0 aliphatic heterocycles. The largest absolute Gasteiger partial charge is 0.494 e. The Bertz CT molecular complexity index is 800. The van der Waals surface area contributed by atoms with Gasteiger partial charge < -0.3 is 19.2 Å². The summed E-state index contributed by atoms with van der Waals surface area (Å²) in [5.74, 6) is 1.61. The molecule has 1 aromatic heterocycles. The van der Waals surface area contributed by atoms with Gasteiger partial charge >= 0.3 is 0 Å². The molecule has 1 N–H and O–H groups in total. The molecule has 1 heterocycles. The number of pyridine rings is 1. The number of hydrogen-bond acceptors (Lipinski definition) is 4. The van der Waals surface area contributed by atoms with E-state index in [0.717, 1.165) is 48.8 Å². The lowest BCUT2D eigenvalue weighted by Gasteiger charge is -2.15. The quantitative estimate of drug-likeness (QED) is 0.312. The van der Waals surface area contributed by atoms with Crippen LogP contribution in [0.25, 0.3) is 10.9 Å². The van der Waals surface area contributed by atoms with Gasteiger partial charge in [-0.15, -0.1) is 0 Å². The van der Waals surface area contributed by atoms with Crippen LogP contribution in [0.2, 0.25) is 0 Å². The second kappa shape index (κ2) is 13.9. The van der Waals surface area contributed by atoms with Crippen molar-refractivity contribution in [3.8, 4) is 17.2 Å². The van der Waals surface area contributed by atoms with Crippen LogP contribution in [0.4, 0.5) is 0 Å². The number of hydrogen-bond donors (Lipinski definition) is 1. The average Bonchev–Trinajstić information content (AvgIpc) is 2.74. The van der Waals surface area contributed by atoms with E-state index in [9.17, 15) is 4.79 Å². The molecule has 0 spiro atoms. The molecule has 0 aliphatic carbocycles. The molecular weight excluding hydrogens is 378 g/mol. The Kier molecular flexibility index (Phi) is 11.2. The van der Waals surface area contributed by atoms with Crippen molar-refractivity contribution in [1.82, 2.24) is 4.98 Å². The van der Waals surface area contributed by atoms with Crippen molar-refractivity contribution in [3.63, 3.8) is 0 Å².